The van der Waals surface area contributed by atoms with Crippen molar-refractivity contribution in [1.82, 2.24) is 4.98 Å². The van der Waals surface area contributed by atoms with E-state index < -0.39 is 0 Å². The van der Waals surface area contributed by atoms with Crippen LogP contribution in [0.4, 0.5) is 0 Å². The van der Waals surface area contributed by atoms with Gasteiger partial charge in [0, 0.05) is 26.3 Å². The van der Waals surface area contributed by atoms with Crippen LogP contribution in [0.5, 0.6) is 0 Å². The molecule has 0 saturated carbocycles. The predicted molar refractivity (Wildman–Crippen MR) is 56.4 cm³/mol. The van der Waals surface area contributed by atoms with Crippen LogP contribution < -0.4 is 0 Å². The molecule has 1 rings (SSSR count). The average Bonchev–Trinajstić information content (AvgIpc) is 2.21. The van der Waals surface area contributed by atoms with Crippen LogP contribution in [-0.4, -0.2) is 24.0 Å². The van der Waals surface area contributed by atoms with Crippen LogP contribution in [0.2, 0.25) is 0 Å². The highest BCUT2D eigenvalue weighted by molar-refractivity contribution is 5.91. The van der Waals surface area contributed by atoms with Crippen molar-refractivity contribution in [3.05, 3.63) is 30.1 Å². The van der Waals surface area contributed by atoms with Crippen molar-refractivity contribution in [2.24, 2.45) is 0 Å². The molecule has 1 heterocycles. The lowest BCUT2D eigenvalue weighted by Gasteiger charge is -1.88. The lowest BCUT2D eigenvalue weighted by Crippen LogP contribution is -1.93. The summed E-state index contributed by atoms with van der Waals surface area (Å²) in [5.41, 5.74) is 0.525. The van der Waals surface area contributed by atoms with Gasteiger partial charge < -0.3 is 4.74 Å². The molecule has 0 spiro atoms. The van der Waals surface area contributed by atoms with E-state index in [2.05, 4.69) is 4.98 Å². The highest BCUT2D eigenvalue weighted by Gasteiger charge is 1.94. The smallest absolute Gasteiger partial charge is 0.178 e. The maximum atomic E-state index is 10.6. The summed E-state index contributed by atoms with van der Waals surface area (Å²) in [7, 11) is 0. The van der Waals surface area contributed by atoms with Gasteiger partial charge in [-0.15, -0.1) is 0 Å². The van der Waals surface area contributed by atoms with Crippen LogP contribution in [0.1, 0.15) is 31.3 Å². The van der Waals surface area contributed by atoms with Crippen molar-refractivity contribution in [2.75, 3.05) is 13.2 Å². The van der Waals surface area contributed by atoms with Gasteiger partial charge in [0.2, 0.25) is 0 Å². The summed E-state index contributed by atoms with van der Waals surface area (Å²) in [6.07, 6.45) is 1.61. The summed E-state index contributed by atoms with van der Waals surface area (Å²) < 4.78 is 4.83. The molecular weight excluding hydrogens is 178 g/mol. The highest BCUT2D eigenvalue weighted by atomic mass is 16.5. The number of carbonyl (C=O) groups is 1. The number of nitrogens with zero attached hydrogens (tertiary/aromatic N) is 1. The third-order valence-corrected chi connectivity index (χ3v) is 1.43. The third-order valence-electron chi connectivity index (χ3n) is 1.43. The van der Waals surface area contributed by atoms with E-state index in [-0.39, 0.29) is 5.78 Å². The number of rotatable bonds is 3. The standard InChI is InChI=1S/C7H7NO.C4H10O/c1-6(9)7-4-2-3-5-8-7;1-3-5-4-2/h2-5H,1H3;3-4H2,1-2H3. The molecule has 0 N–H and O–H groups in total. The minimum Gasteiger partial charge on any atom is -0.382 e. The summed E-state index contributed by atoms with van der Waals surface area (Å²) in [6.45, 7) is 7.17. The molecular formula is C11H17NO2. The number of hydrogen-bond acceptors (Lipinski definition) is 3. The van der Waals surface area contributed by atoms with Gasteiger partial charge >= 0.3 is 0 Å². The Morgan fingerprint density at radius 3 is 2.21 bits per heavy atom. The van der Waals surface area contributed by atoms with Crippen LogP contribution in [0.3, 0.4) is 0 Å². The van der Waals surface area contributed by atoms with Crippen molar-refractivity contribution in [3.8, 4) is 0 Å². The Balaban J connectivity index is 0.000000292. The molecule has 0 unspecified atom stereocenters. The number of ether oxygens (including phenoxy) is 1. The summed E-state index contributed by atoms with van der Waals surface area (Å²) >= 11 is 0. The summed E-state index contributed by atoms with van der Waals surface area (Å²) in [4.78, 5) is 14.4. The first kappa shape index (κ1) is 12.8. The second-order valence-corrected chi connectivity index (χ2v) is 2.55. The second kappa shape index (κ2) is 8.38. The van der Waals surface area contributed by atoms with Gasteiger partial charge in [-0.1, -0.05) is 6.07 Å². The summed E-state index contributed by atoms with van der Waals surface area (Å²) in [5.74, 6) is 0.00981. The second-order valence-electron chi connectivity index (χ2n) is 2.55. The minimum absolute atomic E-state index is 0.00981. The van der Waals surface area contributed by atoms with Crippen molar-refractivity contribution in [2.45, 2.75) is 20.8 Å². The molecule has 0 amide bonds. The monoisotopic (exact) mass is 195 g/mol. The summed E-state index contributed by atoms with van der Waals surface area (Å²) in [5, 5.41) is 0. The fourth-order valence-electron chi connectivity index (χ4n) is 0.775. The van der Waals surface area contributed by atoms with Gasteiger partial charge in [-0.2, -0.15) is 0 Å². The molecule has 0 aliphatic heterocycles. The molecule has 0 radical (unpaired) electrons. The topological polar surface area (TPSA) is 39.2 Å². The van der Waals surface area contributed by atoms with E-state index in [9.17, 15) is 4.79 Å². The first-order valence-corrected chi connectivity index (χ1v) is 4.72. The van der Waals surface area contributed by atoms with Crippen molar-refractivity contribution < 1.29 is 9.53 Å². The number of Topliss-reactive ketones (excluding diaryl/α,β-unsaturated/α-hetero) is 1. The fraction of sp³-hybridized carbons (Fsp3) is 0.455. The Morgan fingerprint density at radius 2 is 2.00 bits per heavy atom. The SMILES string of the molecule is CC(=O)c1ccccn1.CCOCC. The number of hydrogen-bond donors (Lipinski definition) is 0. The van der Waals surface area contributed by atoms with Crippen molar-refractivity contribution >= 4 is 5.78 Å². The third kappa shape index (κ3) is 6.31. The molecule has 3 nitrogen and oxygen atoms in total. The Morgan fingerprint density at radius 1 is 1.36 bits per heavy atom. The van der Waals surface area contributed by atoms with E-state index >= 15 is 0 Å². The van der Waals surface area contributed by atoms with E-state index in [4.69, 9.17) is 4.74 Å². The van der Waals surface area contributed by atoms with Gasteiger partial charge in [0.05, 0.1) is 0 Å². The highest BCUT2D eigenvalue weighted by Crippen LogP contribution is 1.92. The van der Waals surface area contributed by atoms with E-state index in [0.717, 1.165) is 13.2 Å². The Kier molecular flexibility index (Phi) is 7.65. The average molecular weight is 195 g/mol. The first-order chi connectivity index (χ1) is 6.72. The van der Waals surface area contributed by atoms with Crippen LogP contribution in [-0.2, 0) is 4.74 Å². The maximum Gasteiger partial charge on any atom is 0.178 e. The molecule has 78 valence electrons. The molecule has 0 aliphatic carbocycles. The predicted octanol–water partition coefficient (Wildman–Crippen LogP) is 2.33. The van der Waals surface area contributed by atoms with Gasteiger partial charge in [-0.25, -0.2) is 0 Å². The molecule has 3 heteroatoms. The molecule has 14 heavy (non-hydrogen) atoms. The molecule has 0 atom stereocenters. The van der Waals surface area contributed by atoms with Gasteiger partial charge in [0.15, 0.2) is 5.78 Å². The van der Waals surface area contributed by atoms with Crippen LogP contribution in [0, 0.1) is 0 Å². The lowest BCUT2D eigenvalue weighted by molar-refractivity contribution is 0.101. The molecule has 0 aromatic carbocycles. The molecule has 1 aromatic rings. The first-order valence-electron chi connectivity index (χ1n) is 4.72. The van der Waals surface area contributed by atoms with Crippen LogP contribution >= 0.6 is 0 Å². The number of aromatic nitrogens is 1. The fourth-order valence-corrected chi connectivity index (χ4v) is 0.775. The zero-order valence-corrected chi connectivity index (χ0v) is 8.99. The quantitative estimate of drug-likeness (QED) is 0.695. The normalized spacial score (nSPS) is 8.79. The number of pyridine rings is 1. The van der Waals surface area contributed by atoms with Gasteiger partial charge in [0.1, 0.15) is 5.69 Å². The summed E-state index contributed by atoms with van der Waals surface area (Å²) in [6, 6.07) is 5.28. The van der Waals surface area contributed by atoms with Crippen molar-refractivity contribution in [1.29, 1.82) is 0 Å². The molecule has 0 aliphatic rings. The van der Waals surface area contributed by atoms with E-state index in [1.54, 1.807) is 24.4 Å². The molecule has 0 fully saturated rings. The Hall–Kier alpha value is -1.22. The van der Waals surface area contributed by atoms with Crippen molar-refractivity contribution in [3.63, 3.8) is 0 Å². The molecule has 0 bridgehead atoms. The zero-order valence-electron chi connectivity index (χ0n) is 8.99. The van der Waals surface area contributed by atoms with E-state index in [1.807, 2.05) is 13.8 Å². The Labute approximate surface area is 85.1 Å². The minimum atomic E-state index is 0.00981. The van der Waals surface area contributed by atoms with E-state index in [0.29, 0.717) is 5.69 Å². The maximum absolute atomic E-state index is 10.6. The lowest BCUT2D eigenvalue weighted by atomic mass is 10.3. The Bertz CT molecular complexity index is 245. The van der Waals surface area contributed by atoms with Gasteiger partial charge in [0.25, 0.3) is 0 Å². The largest absolute Gasteiger partial charge is 0.382 e. The zero-order chi connectivity index (χ0) is 10.8. The van der Waals surface area contributed by atoms with E-state index in [1.165, 1.54) is 6.92 Å². The van der Waals surface area contributed by atoms with Gasteiger partial charge in [-0.3, -0.25) is 9.78 Å². The van der Waals surface area contributed by atoms with Gasteiger partial charge in [-0.05, 0) is 26.0 Å². The molecule has 0 saturated heterocycles. The number of ketones is 1. The van der Waals surface area contributed by atoms with Crippen LogP contribution in [0.25, 0.3) is 0 Å². The molecule has 1 aromatic heterocycles. The number of carbonyl (C=O) groups excluding carboxylic acids is 1. The van der Waals surface area contributed by atoms with Crippen LogP contribution in [0.15, 0.2) is 24.4 Å².